The summed E-state index contributed by atoms with van der Waals surface area (Å²) in [5.74, 6) is -1.02. The van der Waals surface area contributed by atoms with Gasteiger partial charge in [-0.1, -0.05) is 13.8 Å². The molecule has 0 amide bonds. The van der Waals surface area contributed by atoms with Crippen molar-refractivity contribution in [1.82, 2.24) is 9.97 Å². The summed E-state index contributed by atoms with van der Waals surface area (Å²) in [5.41, 5.74) is 2.22. The van der Waals surface area contributed by atoms with E-state index in [9.17, 15) is 4.79 Å². The third-order valence-corrected chi connectivity index (χ3v) is 3.08. The summed E-state index contributed by atoms with van der Waals surface area (Å²) >= 11 is 1.43. The fourth-order valence-corrected chi connectivity index (χ4v) is 2.19. The van der Waals surface area contributed by atoms with Gasteiger partial charge in [0.05, 0.1) is 0 Å². The Morgan fingerprint density at radius 3 is 2.33 bits per heavy atom. The molecule has 1 N–H and O–H groups in total. The van der Waals surface area contributed by atoms with Crippen LogP contribution in [0.15, 0.2) is 17.5 Å². The Hall–Kier alpha value is -1.75. The maximum Gasteiger partial charge on any atom is 0.355 e. The minimum atomic E-state index is -1.02. The zero-order chi connectivity index (χ0) is 13.7. The van der Waals surface area contributed by atoms with E-state index in [0.717, 1.165) is 5.69 Å². The summed E-state index contributed by atoms with van der Waals surface area (Å²) in [6.07, 6.45) is 0. The smallest absolute Gasteiger partial charge is 0.355 e. The molecule has 4 nitrogen and oxygen atoms in total. The third-order valence-electron chi connectivity index (χ3n) is 2.09. The molecule has 0 atom stereocenters. The van der Waals surface area contributed by atoms with E-state index in [-0.39, 0.29) is 5.69 Å². The number of thiazole rings is 1. The normalized spacial score (nSPS) is 9.56. The van der Waals surface area contributed by atoms with Crippen LogP contribution in [0.1, 0.15) is 35.7 Å². The van der Waals surface area contributed by atoms with Gasteiger partial charge in [0.2, 0.25) is 0 Å². The van der Waals surface area contributed by atoms with Crippen molar-refractivity contribution in [2.45, 2.75) is 27.7 Å². The highest BCUT2D eigenvalue weighted by Gasteiger charge is 2.15. The van der Waals surface area contributed by atoms with Crippen molar-refractivity contribution in [2.75, 3.05) is 0 Å². The van der Waals surface area contributed by atoms with Gasteiger partial charge in [-0.15, -0.1) is 11.3 Å². The molecule has 2 aromatic heterocycles. The van der Waals surface area contributed by atoms with Crippen LogP contribution in [0.2, 0.25) is 0 Å². The molecule has 2 heterocycles. The Morgan fingerprint density at radius 1 is 1.17 bits per heavy atom. The number of hydrogen-bond donors (Lipinski definition) is 1. The molecule has 0 saturated carbocycles. The number of hydrogen-bond acceptors (Lipinski definition) is 4. The lowest BCUT2D eigenvalue weighted by Gasteiger charge is -2.02. The third kappa shape index (κ3) is 3.13. The number of aryl methyl sites for hydroxylation is 2. The van der Waals surface area contributed by atoms with Crippen LogP contribution < -0.4 is 0 Å². The van der Waals surface area contributed by atoms with Gasteiger partial charge >= 0.3 is 5.97 Å². The second-order valence-electron chi connectivity index (χ2n) is 3.45. The lowest BCUT2D eigenvalue weighted by molar-refractivity contribution is 0.0691. The molecule has 0 fully saturated rings. The number of pyridine rings is 1. The van der Waals surface area contributed by atoms with E-state index in [1.165, 1.54) is 11.3 Å². The maximum atomic E-state index is 11.1. The highest BCUT2D eigenvalue weighted by molar-refractivity contribution is 7.13. The quantitative estimate of drug-likeness (QED) is 0.901. The molecule has 0 aromatic carbocycles. The van der Waals surface area contributed by atoms with Gasteiger partial charge in [0.1, 0.15) is 5.01 Å². The van der Waals surface area contributed by atoms with Gasteiger partial charge in [0.25, 0.3) is 0 Å². The van der Waals surface area contributed by atoms with Gasteiger partial charge < -0.3 is 5.11 Å². The van der Waals surface area contributed by atoms with Gasteiger partial charge in [0, 0.05) is 22.3 Å². The van der Waals surface area contributed by atoms with Crippen LogP contribution in [0.4, 0.5) is 0 Å². The number of aromatic nitrogens is 2. The minimum Gasteiger partial charge on any atom is -0.476 e. The van der Waals surface area contributed by atoms with Crippen molar-refractivity contribution < 1.29 is 9.90 Å². The molecular formula is C13H16N2O2S. The zero-order valence-corrected chi connectivity index (χ0v) is 11.7. The van der Waals surface area contributed by atoms with Crippen molar-refractivity contribution in [3.8, 4) is 10.6 Å². The largest absolute Gasteiger partial charge is 0.476 e. The summed E-state index contributed by atoms with van der Waals surface area (Å²) in [7, 11) is 0. The molecule has 2 aromatic rings. The first-order valence-electron chi connectivity index (χ1n) is 5.71. The van der Waals surface area contributed by atoms with Crippen molar-refractivity contribution in [2.24, 2.45) is 0 Å². The number of rotatable bonds is 2. The van der Waals surface area contributed by atoms with Crippen LogP contribution in [0.25, 0.3) is 10.6 Å². The van der Waals surface area contributed by atoms with E-state index in [4.69, 9.17) is 5.11 Å². The van der Waals surface area contributed by atoms with Gasteiger partial charge in [-0.2, -0.15) is 0 Å². The molecule has 0 radical (unpaired) electrons. The van der Waals surface area contributed by atoms with Crippen LogP contribution in [-0.4, -0.2) is 21.0 Å². The van der Waals surface area contributed by atoms with Crippen LogP contribution >= 0.6 is 11.3 Å². The summed E-state index contributed by atoms with van der Waals surface area (Å²) in [5, 5.41) is 11.7. The second-order valence-corrected chi connectivity index (χ2v) is 4.31. The predicted octanol–water partition coefficient (Wildman–Crippen LogP) is 3.55. The van der Waals surface area contributed by atoms with Crippen LogP contribution in [0.3, 0.4) is 0 Å². The van der Waals surface area contributed by atoms with Crippen LogP contribution in [0.5, 0.6) is 0 Å². The van der Waals surface area contributed by atoms with Crippen molar-refractivity contribution in [1.29, 1.82) is 0 Å². The van der Waals surface area contributed by atoms with Crippen molar-refractivity contribution in [3.63, 3.8) is 0 Å². The Bertz CT molecular complexity index is 550. The molecule has 5 heteroatoms. The second kappa shape index (κ2) is 6.26. The topological polar surface area (TPSA) is 63.1 Å². The van der Waals surface area contributed by atoms with Gasteiger partial charge in [-0.3, -0.25) is 0 Å². The lowest BCUT2D eigenvalue weighted by Crippen LogP contribution is -2.04. The number of nitrogens with zero attached hydrogens (tertiary/aromatic N) is 2. The Balaban J connectivity index is 0.000000771. The van der Waals surface area contributed by atoms with Crippen LogP contribution in [0, 0.1) is 13.8 Å². The molecule has 0 bridgehead atoms. The molecule has 18 heavy (non-hydrogen) atoms. The van der Waals surface area contributed by atoms with Gasteiger partial charge in [-0.05, 0) is 26.0 Å². The maximum absolute atomic E-state index is 11.1. The first-order chi connectivity index (χ1) is 8.58. The monoisotopic (exact) mass is 264 g/mol. The molecule has 2 rings (SSSR count). The van der Waals surface area contributed by atoms with E-state index in [0.29, 0.717) is 16.3 Å². The average molecular weight is 264 g/mol. The van der Waals surface area contributed by atoms with E-state index < -0.39 is 5.97 Å². The first-order valence-corrected chi connectivity index (χ1v) is 6.59. The van der Waals surface area contributed by atoms with Crippen molar-refractivity contribution >= 4 is 17.3 Å². The van der Waals surface area contributed by atoms with E-state index in [1.54, 1.807) is 19.1 Å². The highest BCUT2D eigenvalue weighted by Crippen LogP contribution is 2.26. The molecule has 0 aliphatic rings. The Kier molecular flexibility index (Phi) is 4.97. The molecule has 0 aliphatic carbocycles. The molecule has 0 aliphatic heterocycles. The van der Waals surface area contributed by atoms with Gasteiger partial charge in [0.15, 0.2) is 5.69 Å². The summed E-state index contributed by atoms with van der Waals surface area (Å²) in [6.45, 7) is 7.64. The van der Waals surface area contributed by atoms with E-state index in [1.807, 2.05) is 26.2 Å². The number of carbonyl (C=O) groups is 1. The average Bonchev–Trinajstić information content (AvgIpc) is 2.78. The lowest BCUT2D eigenvalue weighted by atomic mass is 10.2. The highest BCUT2D eigenvalue weighted by atomic mass is 32.1. The number of carboxylic acids is 1. The SMILES string of the molecule is CC.Cc1csc(-c2ccc(C)nc2C(=O)O)n1. The summed E-state index contributed by atoms with van der Waals surface area (Å²) in [6, 6.07) is 3.54. The van der Waals surface area contributed by atoms with Crippen molar-refractivity contribution in [3.05, 3.63) is 34.6 Å². The standard InChI is InChI=1S/C11H10N2O2S.C2H6/c1-6-3-4-8(9(12-6)11(14)15)10-13-7(2)5-16-10;1-2/h3-5H,1-2H3,(H,14,15);1-2H3. The molecule has 0 spiro atoms. The molecule has 0 saturated heterocycles. The molecule has 96 valence electrons. The fourth-order valence-electron chi connectivity index (χ4n) is 1.37. The van der Waals surface area contributed by atoms with Gasteiger partial charge in [-0.25, -0.2) is 14.8 Å². The van der Waals surface area contributed by atoms with Crippen LogP contribution in [-0.2, 0) is 0 Å². The molecule has 0 unspecified atom stereocenters. The minimum absolute atomic E-state index is 0.0642. The Morgan fingerprint density at radius 2 is 1.83 bits per heavy atom. The first kappa shape index (κ1) is 14.3. The van der Waals surface area contributed by atoms with E-state index >= 15 is 0 Å². The van der Waals surface area contributed by atoms with E-state index in [2.05, 4.69) is 9.97 Å². The summed E-state index contributed by atoms with van der Waals surface area (Å²) in [4.78, 5) is 19.4. The molecular weight excluding hydrogens is 248 g/mol. The predicted molar refractivity (Wildman–Crippen MR) is 73.1 cm³/mol. The Labute approximate surface area is 110 Å². The number of aromatic carboxylic acids is 1. The fraction of sp³-hybridized carbons (Fsp3) is 0.308. The summed E-state index contributed by atoms with van der Waals surface area (Å²) < 4.78 is 0. The number of carboxylic acid groups (broad SMARTS) is 1. The zero-order valence-electron chi connectivity index (χ0n) is 10.9.